The summed E-state index contributed by atoms with van der Waals surface area (Å²) >= 11 is 0. The van der Waals surface area contributed by atoms with Crippen molar-refractivity contribution in [1.29, 1.82) is 0 Å². The summed E-state index contributed by atoms with van der Waals surface area (Å²) < 4.78 is 0. The van der Waals surface area contributed by atoms with Gasteiger partial charge in [0.1, 0.15) is 0 Å². The van der Waals surface area contributed by atoms with Crippen molar-refractivity contribution in [1.82, 2.24) is 4.90 Å². The Bertz CT molecular complexity index is 484. The normalized spacial score (nSPS) is 21.3. The summed E-state index contributed by atoms with van der Waals surface area (Å²) in [7, 11) is 0. The second-order valence-electron chi connectivity index (χ2n) is 4.97. The van der Waals surface area contributed by atoms with Crippen molar-refractivity contribution in [3.63, 3.8) is 0 Å². The summed E-state index contributed by atoms with van der Waals surface area (Å²) in [6.45, 7) is 4.18. The molecule has 1 heterocycles. The fraction of sp³-hybridized carbons (Fsp3) is 0.500. The van der Waals surface area contributed by atoms with E-state index < -0.39 is 4.92 Å². The van der Waals surface area contributed by atoms with Crippen LogP contribution in [0.2, 0.25) is 0 Å². The second kappa shape index (κ2) is 5.38. The molecule has 2 rings (SSSR count). The lowest BCUT2D eigenvalue weighted by Gasteiger charge is -2.04. The number of carbonyl (C=O) groups excluding carboxylic acids is 1. The van der Waals surface area contributed by atoms with Gasteiger partial charge in [-0.25, -0.2) is 0 Å². The van der Waals surface area contributed by atoms with Crippen LogP contribution < -0.4 is 0 Å². The third kappa shape index (κ3) is 2.75. The van der Waals surface area contributed by atoms with Crippen LogP contribution in [0.25, 0.3) is 0 Å². The van der Waals surface area contributed by atoms with E-state index in [1.165, 1.54) is 24.3 Å². The van der Waals surface area contributed by atoms with Crippen molar-refractivity contribution in [3.8, 4) is 0 Å². The van der Waals surface area contributed by atoms with Gasteiger partial charge in [-0.3, -0.25) is 14.9 Å². The molecular formula is C14H18N2O3. The molecule has 0 bridgehead atoms. The topological polar surface area (TPSA) is 63.2 Å². The highest BCUT2D eigenvalue weighted by Crippen LogP contribution is 2.34. The molecule has 1 amide bonds. The quantitative estimate of drug-likeness (QED) is 0.465. The van der Waals surface area contributed by atoms with Crippen LogP contribution in [0.4, 0.5) is 5.69 Å². The minimum absolute atomic E-state index is 0.0120. The van der Waals surface area contributed by atoms with Crippen LogP contribution in [0, 0.1) is 10.1 Å². The van der Waals surface area contributed by atoms with Crippen LogP contribution in [0.1, 0.15) is 43.5 Å². The first kappa shape index (κ1) is 13.5. The Hall–Kier alpha value is -1.91. The average molecular weight is 262 g/mol. The maximum absolute atomic E-state index is 12.2. The van der Waals surface area contributed by atoms with E-state index in [4.69, 9.17) is 0 Å². The lowest BCUT2D eigenvalue weighted by molar-refractivity contribution is -0.384. The van der Waals surface area contributed by atoms with Crippen molar-refractivity contribution in [3.05, 3.63) is 39.9 Å². The molecule has 19 heavy (non-hydrogen) atoms. The number of rotatable bonds is 5. The molecule has 5 nitrogen and oxygen atoms in total. The standard InChI is InChI=1S/C14H18N2O3/c1-3-4-5-13-10(2)15(13)14(17)11-6-8-12(9-7-11)16(18)19/h6-10,13H,3-5H2,1-2H3. The fourth-order valence-corrected chi connectivity index (χ4v) is 2.42. The van der Waals surface area contributed by atoms with Crippen LogP contribution in [0.5, 0.6) is 0 Å². The van der Waals surface area contributed by atoms with Crippen LogP contribution in [-0.2, 0) is 0 Å². The van der Waals surface area contributed by atoms with Gasteiger partial charge in [0.25, 0.3) is 11.6 Å². The molecule has 102 valence electrons. The number of nitrogens with zero attached hydrogens (tertiary/aromatic N) is 2. The van der Waals surface area contributed by atoms with E-state index in [0.29, 0.717) is 11.6 Å². The largest absolute Gasteiger partial charge is 0.329 e. The monoisotopic (exact) mass is 262 g/mol. The average Bonchev–Trinajstić information content (AvgIpc) is 3.06. The van der Waals surface area contributed by atoms with Crippen LogP contribution >= 0.6 is 0 Å². The molecule has 0 aliphatic carbocycles. The molecule has 1 aliphatic heterocycles. The number of carbonyl (C=O) groups is 1. The van der Waals surface area contributed by atoms with Crippen molar-refractivity contribution >= 4 is 11.6 Å². The van der Waals surface area contributed by atoms with Gasteiger partial charge in [-0.15, -0.1) is 0 Å². The van der Waals surface area contributed by atoms with Gasteiger partial charge in [0.2, 0.25) is 0 Å². The van der Waals surface area contributed by atoms with Gasteiger partial charge in [-0.05, 0) is 25.5 Å². The predicted molar refractivity (Wildman–Crippen MR) is 72.0 cm³/mol. The molecule has 1 fully saturated rings. The highest BCUT2D eigenvalue weighted by atomic mass is 16.6. The van der Waals surface area contributed by atoms with Gasteiger partial charge in [-0.2, -0.15) is 0 Å². The number of unbranched alkanes of at least 4 members (excludes halogenated alkanes) is 1. The van der Waals surface area contributed by atoms with E-state index in [9.17, 15) is 14.9 Å². The lowest BCUT2D eigenvalue weighted by atomic mass is 10.1. The van der Waals surface area contributed by atoms with Crippen molar-refractivity contribution < 1.29 is 9.72 Å². The SMILES string of the molecule is CCCCC1C(C)N1C(=O)c1ccc([N+](=O)[O-])cc1. The third-order valence-corrected chi connectivity index (χ3v) is 3.68. The molecule has 1 saturated heterocycles. The lowest BCUT2D eigenvalue weighted by Crippen LogP contribution is -2.14. The summed E-state index contributed by atoms with van der Waals surface area (Å²) in [4.78, 5) is 24.2. The van der Waals surface area contributed by atoms with Gasteiger partial charge in [0, 0.05) is 17.7 Å². The Balaban J connectivity index is 2.02. The number of benzene rings is 1. The zero-order valence-electron chi connectivity index (χ0n) is 11.2. The molecular weight excluding hydrogens is 244 g/mol. The minimum Gasteiger partial charge on any atom is -0.329 e. The Morgan fingerprint density at radius 3 is 2.53 bits per heavy atom. The van der Waals surface area contributed by atoms with E-state index in [1.54, 1.807) is 0 Å². The molecule has 2 atom stereocenters. The first-order valence-electron chi connectivity index (χ1n) is 6.63. The molecule has 1 aromatic carbocycles. The zero-order chi connectivity index (χ0) is 14.0. The molecule has 0 radical (unpaired) electrons. The summed E-state index contributed by atoms with van der Waals surface area (Å²) in [5, 5.41) is 10.6. The zero-order valence-corrected chi connectivity index (χ0v) is 11.2. The Labute approximate surface area is 112 Å². The number of amides is 1. The molecule has 1 aliphatic rings. The summed E-state index contributed by atoms with van der Waals surface area (Å²) in [6.07, 6.45) is 3.29. The van der Waals surface area contributed by atoms with Crippen LogP contribution in [0.3, 0.4) is 0 Å². The van der Waals surface area contributed by atoms with E-state index in [-0.39, 0.29) is 17.6 Å². The first-order valence-corrected chi connectivity index (χ1v) is 6.63. The van der Waals surface area contributed by atoms with E-state index in [1.807, 2.05) is 11.8 Å². The van der Waals surface area contributed by atoms with Crippen LogP contribution in [0.15, 0.2) is 24.3 Å². The molecule has 1 aromatic rings. The molecule has 5 heteroatoms. The molecule has 2 unspecified atom stereocenters. The summed E-state index contributed by atoms with van der Waals surface area (Å²) in [5.74, 6) is -0.0245. The van der Waals surface area contributed by atoms with Crippen molar-refractivity contribution in [2.24, 2.45) is 0 Å². The van der Waals surface area contributed by atoms with Crippen molar-refractivity contribution in [2.45, 2.75) is 45.2 Å². The van der Waals surface area contributed by atoms with E-state index in [2.05, 4.69) is 6.92 Å². The summed E-state index contributed by atoms with van der Waals surface area (Å²) in [6, 6.07) is 6.44. The molecule has 0 aromatic heterocycles. The fourth-order valence-electron chi connectivity index (χ4n) is 2.42. The number of hydrogen-bond acceptors (Lipinski definition) is 3. The number of non-ortho nitro benzene ring substituents is 1. The first-order chi connectivity index (χ1) is 9.06. The Kier molecular flexibility index (Phi) is 3.83. The molecule has 0 N–H and O–H groups in total. The maximum Gasteiger partial charge on any atom is 0.269 e. The number of hydrogen-bond donors (Lipinski definition) is 0. The predicted octanol–water partition coefficient (Wildman–Crippen LogP) is 3.00. The third-order valence-electron chi connectivity index (χ3n) is 3.68. The highest BCUT2D eigenvalue weighted by Gasteiger charge is 2.46. The summed E-state index contributed by atoms with van der Waals surface area (Å²) in [5.41, 5.74) is 0.536. The van der Waals surface area contributed by atoms with Crippen molar-refractivity contribution in [2.75, 3.05) is 0 Å². The smallest absolute Gasteiger partial charge is 0.269 e. The van der Waals surface area contributed by atoms with Gasteiger partial charge >= 0.3 is 0 Å². The Morgan fingerprint density at radius 1 is 1.37 bits per heavy atom. The van der Waals surface area contributed by atoms with Gasteiger partial charge in [-0.1, -0.05) is 19.8 Å². The molecule has 0 spiro atoms. The number of nitro benzene ring substituents is 1. The molecule has 0 saturated carbocycles. The van der Waals surface area contributed by atoms with Crippen LogP contribution in [-0.4, -0.2) is 27.8 Å². The number of nitro groups is 1. The highest BCUT2D eigenvalue weighted by molar-refractivity contribution is 5.96. The van der Waals surface area contributed by atoms with E-state index in [0.717, 1.165) is 19.3 Å². The Morgan fingerprint density at radius 2 is 2.00 bits per heavy atom. The van der Waals surface area contributed by atoms with Gasteiger partial charge in [0.15, 0.2) is 0 Å². The van der Waals surface area contributed by atoms with E-state index >= 15 is 0 Å². The van der Waals surface area contributed by atoms with Gasteiger partial charge in [0.05, 0.1) is 17.0 Å². The minimum atomic E-state index is -0.460. The van der Waals surface area contributed by atoms with Gasteiger partial charge < -0.3 is 4.90 Å². The maximum atomic E-state index is 12.2. The second-order valence-corrected chi connectivity index (χ2v) is 4.97.